The Morgan fingerprint density at radius 2 is 2.00 bits per heavy atom. The first kappa shape index (κ1) is 20.0. The summed E-state index contributed by atoms with van der Waals surface area (Å²) >= 11 is 12.1. The van der Waals surface area contributed by atoms with Crippen LogP contribution in [-0.2, 0) is 4.79 Å². The van der Waals surface area contributed by atoms with Gasteiger partial charge in [-0.3, -0.25) is 9.59 Å². The SMILES string of the molecule is CCC(N)(CC)CNC(=O)C1CCCN1C(=O)c1cc(Cl)ccc1Cl. The first-order chi connectivity index (χ1) is 11.8. The Bertz CT molecular complexity index is 647. The van der Waals surface area contributed by atoms with E-state index in [4.69, 9.17) is 28.9 Å². The number of carbonyl (C=O) groups is 2. The molecule has 1 unspecified atom stereocenters. The van der Waals surface area contributed by atoms with Crippen LogP contribution in [0.5, 0.6) is 0 Å². The van der Waals surface area contributed by atoms with E-state index in [0.29, 0.717) is 35.1 Å². The van der Waals surface area contributed by atoms with Crippen LogP contribution in [0.15, 0.2) is 18.2 Å². The van der Waals surface area contributed by atoms with Crippen LogP contribution in [0.25, 0.3) is 0 Å². The summed E-state index contributed by atoms with van der Waals surface area (Å²) in [6.07, 6.45) is 2.95. The number of hydrogen-bond donors (Lipinski definition) is 2. The van der Waals surface area contributed by atoms with Gasteiger partial charge in [-0.05, 0) is 43.9 Å². The minimum Gasteiger partial charge on any atom is -0.352 e. The maximum atomic E-state index is 12.8. The van der Waals surface area contributed by atoms with Crippen LogP contribution in [0.3, 0.4) is 0 Å². The van der Waals surface area contributed by atoms with Crippen molar-refractivity contribution >= 4 is 35.0 Å². The molecule has 2 amide bonds. The fourth-order valence-corrected chi connectivity index (χ4v) is 3.35. The molecule has 0 spiro atoms. The molecule has 0 radical (unpaired) electrons. The molecule has 1 aliphatic heterocycles. The number of likely N-dealkylation sites (tertiary alicyclic amines) is 1. The quantitative estimate of drug-likeness (QED) is 0.788. The zero-order valence-corrected chi connectivity index (χ0v) is 16.2. The Kier molecular flexibility index (Phi) is 6.72. The van der Waals surface area contributed by atoms with E-state index in [1.807, 2.05) is 13.8 Å². The highest BCUT2D eigenvalue weighted by Gasteiger charge is 2.36. The van der Waals surface area contributed by atoms with Gasteiger partial charge < -0.3 is 16.0 Å². The average Bonchev–Trinajstić information content (AvgIpc) is 3.10. The van der Waals surface area contributed by atoms with Gasteiger partial charge in [-0.25, -0.2) is 0 Å². The molecule has 0 bridgehead atoms. The lowest BCUT2D eigenvalue weighted by atomic mass is 9.94. The molecule has 1 aromatic rings. The predicted octanol–water partition coefficient (Wildman–Crippen LogP) is 3.23. The lowest BCUT2D eigenvalue weighted by molar-refractivity contribution is -0.125. The molecule has 0 aliphatic carbocycles. The molecule has 0 saturated carbocycles. The third kappa shape index (κ3) is 4.66. The van der Waals surface area contributed by atoms with E-state index in [2.05, 4.69) is 5.32 Å². The molecular formula is C18H25Cl2N3O2. The Hall–Kier alpha value is -1.30. The molecule has 2 rings (SSSR count). The van der Waals surface area contributed by atoms with Crippen LogP contribution in [0.1, 0.15) is 49.9 Å². The zero-order chi connectivity index (χ0) is 18.6. The third-order valence-electron chi connectivity index (χ3n) is 5.00. The fraction of sp³-hybridized carbons (Fsp3) is 0.556. The lowest BCUT2D eigenvalue weighted by Crippen LogP contribution is -2.53. The predicted molar refractivity (Wildman–Crippen MR) is 101 cm³/mol. The van der Waals surface area contributed by atoms with Crippen molar-refractivity contribution in [1.29, 1.82) is 0 Å². The second-order valence-electron chi connectivity index (χ2n) is 6.57. The normalized spacial score (nSPS) is 17.6. The molecular weight excluding hydrogens is 361 g/mol. The van der Waals surface area contributed by atoms with Gasteiger partial charge in [0.15, 0.2) is 0 Å². The van der Waals surface area contributed by atoms with E-state index in [1.54, 1.807) is 23.1 Å². The summed E-state index contributed by atoms with van der Waals surface area (Å²) in [5.74, 6) is -0.434. The molecule has 1 heterocycles. The molecule has 3 N–H and O–H groups in total. The van der Waals surface area contributed by atoms with Gasteiger partial charge in [0.25, 0.3) is 5.91 Å². The zero-order valence-electron chi connectivity index (χ0n) is 14.6. The van der Waals surface area contributed by atoms with Crippen molar-refractivity contribution in [2.45, 2.75) is 51.1 Å². The van der Waals surface area contributed by atoms with Crippen molar-refractivity contribution in [2.24, 2.45) is 5.73 Å². The third-order valence-corrected chi connectivity index (χ3v) is 5.56. The van der Waals surface area contributed by atoms with Crippen LogP contribution < -0.4 is 11.1 Å². The van der Waals surface area contributed by atoms with Gasteiger partial charge in [0, 0.05) is 23.7 Å². The maximum absolute atomic E-state index is 12.8. The van der Waals surface area contributed by atoms with Gasteiger partial charge in [0.05, 0.1) is 10.6 Å². The van der Waals surface area contributed by atoms with Crippen molar-refractivity contribution in [3.8, 4) is 0 Å². The molecule has 1 saturated heterocycles. The molecule has 1 aromatic carbocycles. The summed E-state index contributed by atoms with van der Waals surface area (Å²) in [5, 5.41) is 3.68. The smallest absolute Gasteiger partial charge is 0.256 e. The number of amides is 2. The number of nitrogens with two attached hydrogens (primary N) is 1. The summed E-state index contributed by atoms with van der Waals surface area (Å²) in [7, 11) is 0. The number of halogens is 2. The number of nitrogens with one attached hydrogen (secondary N) is 1. The number of benzene rings is 1. The summed E-state index contributed by atoms with van der Waals surface area (Å²) in [5.41, 5.74) is 6.14. The van der Waals surface area contributed by atoms with Gasteiger partial charge in [0.1, 0.15) is 6.04 Å². The average molecular weight is 386 g/mol. The van der Waals surface area contributed by atoms with E-state index in [1.165, 1.54) is 0 Å². The Morgan fingerprint density at radius 3 is 2.64 bits per heavy atom. The Morgan fingerprint density at radius 1 is 1.32 bits per heavy atom. The van der Waals surface area contributed by atoms with E-state index in [9.17, 15) is 9.59 Å². The van der Waals surface area contributed by atoms with E-state index in [-0.39, 0.29) is 11.8 Å². The summed E-state index contributed by atoms with van der Waals surface area (Å²) in [6, 6.07) is 4.26. The second kappa shape index (κ2) is 8.39. The number of rotatable bonds is 6. The summed E-state index contributed by atoms with van der Waals surface area (Å²) in [4.78, 5) is 27.0. The topological polar surface area (TPSA) is 75.4 Å². The van der Waals surface area contributed by atoms with Crippen molar-refractivity contribution < 1.29 is 9.59 Å². The van der Waals surface area contributed by atoms with E-state index < -0.39 is 11.6 Å². The largest absolute Gasteiger partial charge is 0.352 e. The van der Waals surface area contributed by atoms with Crippen molar-refractivity contribution in [3.63, 3.8) is 0 Å². The molecule has 5 nitrogen and oxygen atoms in total. The molecule has 25 heavy (non-hydrogen) atoms. The highest BCUT2D eigenvalue weighted by molar-refractivity contribution is 6.35. The van der Waals surface area contributed by atoms with Gasteiger partial charge in [-0.15, -0.1) is 0 Å². The summed E-state index contributed by atoms with van der Waals surface area (Å²) in [6.45, 7) is 4.93. The highest BCUT2D eigenvalue weighted by Crippen LogP contribution is 2.26. The Labute approximate surface area is 158 Å². The standard InChI is InChI=1S/C18H25Cl2N3O2/c1-3-18(21,4-2)11-22-16(24)15-6-5-9-23(15)17(25)13-10-12(19)7-8-14(13)20/h7-8,10,15H,3-6,9,11,21H2,1-2H3,(H,22,24). The molecule has 1 atom stereocenters. The lowest BCUT2D eigenvalue weighted by Gasteiger charge is -2.29. The highest BCUT2D eigenvalue weighted by atomic mass is 35.5. The molecule has 0 aromatic heterocycles. The van der Waals surface area contributed by atoms with Crippen molar-refractivity contribution in [3.05, 3.63) is 33.8 Å². The summed E-state index contributed by atoms with van der Waals surface area (Å²) < 4.78 is 0. The first-order valence-electron chi connectivity index (χ1n) is 8.64. The van der Waals surface area contributed by atoms with Gasteiger partial charge >= 0.3 is 0 Å². The number of nitrogens with zero attached hydrogens (tertiary/aromatic N) is 1. The van der Waals surface area contributed by atoms with Gasteiger partial charge in [-0.1, -0.05) is 37.0 Å². The number of hydrogen-bond acceptors (Lipinski definition) is 3. The van der Waals surface area contributed by atoms with Gasteiger partial charge in [0.2, 0.25) is 5.91 Å². The van der Waals surface area contributed by atoms with Crippen LogP contribution >= 0.6 is 23.2 Å². The second-order valence-corrected chi connectivity index (χ2v) is 7.41. The maximum Gasteiger partial charge on any atom is 0.256 e. The minimum atomic E-state index is -0.500. The van der Waals surface area contributed by atoms with Crippen LogP contribution in [0.2, 0.25) is 10.0 Å². The molecule has 7 heteroatoms. The Balaban J connectivity index is 2.10. The molecule has 138 valence electrons. The van der Waals surface area contributed by atoms with Crippen LogP contribution in [0, 0.1) is 0 Å². The number of carbonyl (C=O) groups excluding carboxylic acids is 2. The van der Waals surface area contributed by atoms with E-state index >= 15 is 0 Å². The van der Waals surface area contributed by atoms with Crippen LogP contribution in [-0.4, -0.2) is 41.4 Å². The van der Waals surface area contributed by atoms with Crippen molar-refractivity contribution in [2.75, 3.05) is 13.1 Å². The minimum absolute atomic E-state index is 0.166. The molecule has 1 aliphatic rings. The fourth-order valence-electron chi connectivity index (χ4n) is 2.98. The first-order valence-corrected chi connectivity index (χ1v) is 9.39. The molecule has 1 fully saturated rings. The van der Waals surface area contributed by atoms with Crippen LogP contribution in [0.4, 0.5) is 0 Å². The van der Waals surface area contributed by atoms with Gasteiger partial charge in [-0.2, -0.15) is 0 Å². The monoisotopic (exact) mass is 385 g/mol. The van der Waals surface area contributed by atoms with Crippen molar-refractivity contribution in [1.82, 2.24) is 10.2 Å². The van der Waals surface area contributed by atoms with E-state index in [0.717, 1.165) is 19.3 Å².